The summed E-state index contributed by atoms with van der Waals surface area (Å²) in [6.45, 7) is 4.26. The van der Waals surface area contributed by atoms with Crippen molar-refractivity contribution in [3.63, 3.8) is 0 Å². The molecule has 0 bridgehead atoms. The van der Waals surface area contributed by atoms with Crippen LogP contribution in [0.4, 0.5) is 0 Å². The Hall–Kier alpha value is -1.81. The lowest BCUT2D eigenvalue weighted by Gasteiger charge is -2.25. The quantitative estimate of drug-likeness (QED) is 0.804. The standard InChI is InChI=1S/C17H17NO2S/c1-10(2)16-13(9-19)7-12-6-11-8-14(20-3)4-5-15(11)18-17(12)21-16/h4-10,16H,1-3H3/t16-/m1/s1. The Balaban J connectivity index is 2.14. The first-order valence-corrected chi connectivity index (χ1v) is 7.82. The van der Waals surface area contributed by atoms with E-state index in [0.717, 1.165) is 39.1 Å². The van der Waals surface area contributed by atoms with E-state index in [1.54, 1.807) is 18.9 Å². The molecule has 0 fully saturated rings. The van der Waals surface area contributed by atoms with Gasteiger partial charge in [-0.25, -0.2) is 4.98 Å². The maximum absolute atomic E-state index is 11.3. The molecule has 0 amide bonds. The van der Waals surface area contributed by atoms with Crippen molar-refractivity contribution in [2.75, 3.05) is 7.11 Å². The predicted molar refractivity (Wildman–Crippen MR) is 86.8 cm³/mol. The number of aromatic nitrogens is 1. The number of pyridine rings is 1. The number of hydrogen-bond donors (Lipinski definition) is 0. The summed E-state index contributed by atoms with van der Waals surface area (Å²) in [6, 6.07) is 7.93. The highest BCUT2D eigenvalue weighted by Gasteiger charge is 2.26. The second-order valence-electron chi connectivity index (χ2n) is 5.49. The fourth-order valence-corrected chi connectivity index (χ4v) is 3.73. The molecule has 0 saturated carbocycles. The van der Waals surface area contributed by atoms with E-state index in [-0.39, 0.29) is 5.25 Å². The number of aldehydes is 1. The van der Waals surface area contributed by atoms with Gasteiger partial charge in [0.1, 0.15) is 17.1 Å². The van der Waals surface area contributed by atoms with Gasteiger partial charge in [0.25, 0.3) is 0 Å². The topological polar surface area (TPSA) is 39.2 Å². The number of carbonyl (C=O) groups excluding carboxylic acids is 1. The molecule has 108 valence electrons. The summed E-state index contributed by atoms with van der Waals surface area (Å²) in [7, 11) is 1.65. The summed E-state index contributed by atoms with van der Waals surface area (Å²) in [6.07, 6.45) is 2.94. The van der Waals surface area contributed by atoms with Gasteiger partial charge < -0.3 is 4.74 Å². The molecule has 1 aliphatic heterocycles. The maximum atomic E-state index is 11.3. The lowest BCUT2D eigenvalue weighted by atomic mass is 10.0. The van der Waals surface area contributed by atoms with Gasteiger partial charge in [0, 0.05) is 21.8 Å². The predicted octanol–water partition coefficient (Wildman–Crippen LogP) is 3.96. The molecule has 2 heterocycles. The molecule has 3 rings (SSSR count). The molecule has 1 atom stereocenters. The third kappa shape index (κ3) is 2.56. The van der Waals surface area contributed by atoms with E-state index in [9.17, 15) is 4.79 Å². The number of hydrogen-bond acceptors (Lipinski definition) is 4. The van der Waals surface area contributed by atoms with Gasteiger partial charge >= 0.3 is 0 Å². The number of ether oxygens (including phenoxy) is 1. The maximum Gasteiger partial charge on any atom is 0.147 e. The fraction of sp³-hybridized carbons (Fsp3) is 0.294. The molecule has 1 aromatic carbocycles. The Morgan fingerprint density at radius 1 is 1.33 bits per heavy atom. The Morgan fingerprint density at radius 3 is 2.81 bits per heavy atom. The molecule has 1 aliphatic rings. The Kier molecular flexibility index (Phi) is 3.72. The summed E-state index contributed by atoms with van der Waals surface area (Å²) in [5.41, 5.74) is 2.80. The summed E-state index contributed by atoms with van der Waals surface area (Å²) in [4.78, 5) is 16.1. The Labute approximate surface area is 128 Å². The van der Waals surface area contributed by atoms with Crippen molar-refractivity contribution in [3.05, 3.63) is 35.4 Å². The van der Waals surface area contributed by atoms with Gasteiger partial charge in [-0.1, -0.05) is 25.6 Å². The summed E-state index contributed by atoms with van der Waals surface area (Å²) in [5.74, 6) is 1.21. The highest BCUT2D eigenvalue weighted by atomic mass is 32.2. The zero-order valence-electron chi connectivity index (χ0n) is 12.3. The van der Waals surface area contributed by atoms with Crippen molar-refractivity contribution in [3.8, 4) is 5.75 Å². The molecular weight excluding hydrogens is 282 g/mol. The average molecular weight is 299 g/mol. The van der Waals surface area contributed by atoms with Gasteiger partial charge in [0.2, 0.25) is 0 Å². The normalized spacial score (nSPS) is 17.5. The van der Waals surface area contributed by atoms with Crippen LogP contribution in [0.15, 0.2) is 34.9 Å². The van der Waals surface area contributed by atoms with Crippen LogP contribution in [0.2, 0.25) is 0 Å². The van der Waals surface area contributed by atoms with Crippen molar-refractivity contribution >= 4 is 35.0 Å². The number of fused-ring (bicyclic) bond motifs is 2. The smallest absolute Gasteiger partial charge is 0.147 e. The summed E-state index contributed by atoms with van der Waals surface area (Å²) >= 11 is 1.68. The van der Waals surface area contributed by atoms with Gasteiger partial charge in [-0.3, -0.25) is 4.79 Å². The molecule has 21 heavy (non-hydrogen) atoms. The van der Waals surface area contributed by atoms with Gasteiger partial charge in [0.15, 0.2) is 0 Å². The number of rotatable bonds is 3. The van der Waals surface area contributed by atoms with E-state index in [4.69, 9.17) is 9.72 Å². The SMILES string of the molecule is COc1ccc2nc3c(cc2c1)C=C(C=O)[C@@H](C(C)C)S3. The summed E-state index contributed by atoms with van der Waals surface area (Å²) < 4.78 is 5.25. The van der Waals surface area contributed by atoms with E-state index in [1.165, 1.54) is 0 Å². The van der Waals surface area contributed by atoms with Crippen LogP contribution in [0.3, 0.4) is 0 Å². The van der Waals surface area contributed by atoms with Crippen LogP contribution in [0.1, 0.15) is 19.4 Å². The molecule has 0 unspecified atom stereocenters. The van der Waals surface area contributed by atoms with E-state index < -0.39 is 0 Å². The van der Waals surface area contributed by atoms with Crippen LogP contribution in [0, 0.1) is 5.92 Å². The zero-order chi connectivity index (χ0) is 15.0. The molecule has 0 N–H and O–H groups in total. The molecule has 0 saturated heterocycles. The Bertz CT molecular complexity index is 737. The molecule has 0 spiro atoms. The van der Waals surface area contributed by atoms with Crippen LogP contribution >= 0.6 is 11.8 Å². The molecule has 3 nitrogen and oxygen atoms in total. The van der Waals surface area contributed by atoms with Gasteiger partial charge in [-0.15, -0.1) is 0 Å². The van der Waals surface area contributed by atoms with Crippen molar-refractivity contribution < 1.29 is 9.53 Å². The first-order valence-electron chi connectivity index (χ1n) is 6.94. The lowest BCUT2D eigenvalue weighted by Crippen LogP contribution is -2.18. The van der Waals surface area contributed by atoms with Gasteiger partial charge in [-0.2, -0.15) is 0 Å². The molecule has 0 radical (unpaired) electrons. The van der Waals surface area contributed by atoms with Crippen molar-refractivity contribution in [2.24, 2.45) is 5.92 Å². The van der Waals surface area contributed by atoms with E-state index in [0.29, 0.717) is 5.92 Å². The number of carbonyl (C=O) groups is 1. The number of nitrogens with zero attached hydrogens (tertiary/aromatic N) is 1. The Morgan fingerprint density at radius 2 is 2.14 bits per heavy atom. The monoisotopic (exact) mass is 299 g/mol. The third-order valence-electron chi connectivity index (χ3n) is 3.65. The highest BCUT2D eigenvalue weighted by molar-refractivity contribution is 8.00. The lowest BCUT2D eigenvalue weighted by molar-refractivity contribution is -0.105. The van der Waals surface area contributed by atoms with Crippen molar-refractivity contribution in [1.82, 2.24) is 4.98 Å². The fourth-order valence-electron chi connectivity index (χ4n) is 2.55. The van der Waals surface area contributed by atoms with E-state index >= 15 is 0 Å². The van der Waals surface area contributed by atoms with Gasteiger partial charge in [0.05, 0.1) is 12.6 Å². The van der Waals surface area contributed by atoms with Crippen LogP contribution in [-0.4, -0.2) is 23.6 Å². The first-order chi connectivity index (χ1) is 10.1. The molecule has 4 heteroatoms. The van der Waals surface area contributed by atoms with Crippen LogP contribution in [0.5, 0.6) is 5.75 Å². The molecule has 0 aliphatic carbocycles. The third-order valence-corrected chi connectivity index (χ3v) is 5.27. The number of thioether (sulfide) groups is 1. The molecular formula is C17H17NO2S. The summed E-state index contributed by atoms with van der Waals surface area (Å²) in [5, 5.41) is 2.20. The van der Waals surface area contributed by atoms with E-state index in [2.05, 4.69) is 19.9 Å². The number of methoxy groups -OCH3 is 1. The van der Waals surface area contributed by atoms with Crippen molar-refractivity contribution in [1.29, 1.82) is 0 Å². The average Bonchev–Trinajstić information content (AvgIpc) is 2.50. The highest BCUT2D eigenvalue weighted by Crippen LogP contribution is 2.40. The second kappa shape index (κ2) is 5.53. The minimum atomic E-state index is 0.179. The first kappa shape index (κ1) is 14.1. The minimum absolute atomic E-state index is 0.179. The van der Waals surface area contributed by atoms with Gasteiger partial charge in [-0.05, 0) is 36.3 Å². The largest absolute Gasteiger partial charge is 0.497 e. The van der Waals surface area contributed by atoms with Crippen LogP contribution < -0.4 is 4.74 Å². The van der Waals surface area contributed by atoms with E-state index in [1.807, 2.05) is 24.3 Å². The minimum Gasteiger partial charge on any atom is -0.497 e. The zero-order valence-corrected chi connectivity index (χ0v) is 13.1. The van der Waals surface area contributed by atoms with Crippen molar-refractivity contribution in [2.45, 2.75) is 24.1 Å². The van der Waals surface area contributed by atoms with Crippen LogP contribution in [0.25, 0.3) is 17.0 Å². The second-order valence-corrected chi connectivity index (χ2v) is 6.62. The molecule has 2 aromatic rings. The van der Waals surface area contributed by atoms with Crippen LogP contribution in [-0.2, 0) is 4.79 Å². The molecule has 1 aromatic heterocycles. The number of benzene rings is 1.